The summed E-state index contributed by atoms with van der Waals surface area (Å²) < 4.78 is 61.4. The first kappa shape index (κ1) is 30.2. The molecule has 7 heterocycles. The van der Waals surface area contributed by atoms with Crippen LogP contribution < -0.4 is 17.2 Å². The van der Waals surface area contributed by atoms with Crippen molar-refractivity contribution in [3.8, 4) is 0 Å². The van der Waals surface area contributed by atoms with Crippen LogP contribution in [-0.2, 0) is 36.7 Å². The minimum absolute atomic E-state index is 0.0274. The van der Waals surface area contributed by atoms with Gasteiger partial charge in [-0.05, 0) is 0 Å². The van der Waals surface area contributed by atoms with E-state index in [-0.39, 0.29) is 39.9 Å². The Hall–Kier alpha value is -3.44. The van der Waals surface area contributed by atoms with Crippen LogP contribution in [0.5, 0.6) is 0 Å². The molecule has 4 aromatic rings. The third-order valence-corrected chi connectivity index (χ3v) is 9.31. The lowest BCUT2D eigenvalue weighted by molar-refractivity contribution is -0.0672. The second-order valence-electron chi connectivity index (χ2n) is 10.2. The van der Waals surface area contributed by atoms with Gasteiger partial charge in [0.1, 0.15) is 54.0 Å². The largest absolute Gasteiger partial charge is 0.472 e. The molecule has 2 bridgehead atoms. The standard InChI is InChI=1S/C20H25N11O12P2/c21-14-8-16(25-3-24-14)30(4-26-8)18-11(33)12-7(41-18)2-39-45(36,37)43-13-10(32)6(1-38-44(34,35)42-12)40-19(13)31-5-27-9-15(22)28-20(23)29-17(9)31/h3-7,10-13,18-19,32-33H,1-2H2,(H,34,35)(H,36,37)(H2,21,24,25)(H4,22,23,28,29). The van der Waals surface area contributed by atoms with Crippen molar-refractivity contribution in [1.29, 1.82) is 0 Å². The Morgan fingerprint density at radius 2 is 1.33 bits per heavy atom. The number of imidazole rings is 2. The van der Waals surface area contributed by atoms with Gasteiger partial charge >= 0.3 is 15.6 Å². The van der Waals surface area contributed by atoms with Crippen molar-refractivity contribution in [1.82, 2.24) is 39.0 Å². The average molecular weight is 673 g/mol. The van der Waals surface area contributed by atoms with Crippen LogP contribution in [0.15, 0.2) is 19.0 Å². The van der Waals surface area contributed by atoms with E-state index in [9.17, 15) is 29.1 Å². The monoisotopic (exact) mass is 673 g/mol. The first-order valence-corrected chi connectivity index (χ1v) is 16.0. The van der Waals surface area contributed by atoms with Crippen LogP contribution in [0.4, 0.5) is 17.6 Å². The third kappa shape index (κ3) is 5.31. The smallest absolute Gasteiger partial charge is 0.387 e. The highest BCUT2D eigenvalue weighted by atomic mass is 31.2. The normalized spacial score (nSPS) is 37.7. The van der Waals surface area contributed by atoms with Gasteiger partial charge in [0, 0.05) is 0 Å². The Morgan fingerprint density at radius 3 is 2.04 bits per heavy atom. The van der Waals surface area contributed by atoms with E-state index < -0.39 is 77.9 Å². The number of ether oxygens (including phenoxy) is 2. The molecule has 10 unspecified atom stereocenters. The fourth-order valence-electron chi connectivity index (χ4n) is 5.31. The summed E-state index contributed by atoms with van der Waals surface area (Å²) in [7, 11) is -10.1. The van der Waals surface area contributed by atoms with Crippen LogP contribution in [-0.4, -0.2) is 109 Å². The van der Waals surface area contributed by atoms with Crippen LogP contribution in [0, 0.1) is 0 Å². The molecule has 3 aliphatic heterocycles. The van der Waals surface area contributed by atoms with Crippen molar-refractivity contribution in [2.75, 3.05) is 30.4 Å². The van der Waals surface area contributed by atoms with Gasteiger partial charge in [-0.25, -0.2) is 29.1 Å². The van der Waals surface area contributed by atoms with E-state index in [0.717, 1.165) is 6.33 Å². The zero-order valence-electron chi connectivity index (χ0n) is 22.5. The summed E-state index contributed by atoms with van der Waals surface area (Å²) in [5.41, 5.74) is 17.9. The molecule has 3 fully saturated rings. The molecule has 25 heteroatoms. The predicted octanol–water partition coefficient (Wildman–Crippen LogP) is -2.05. The molecule has 10 N–H and O–H groups in total. The lowest BCUT2D eigenvalue weighted by Gasteiger charge is -2.25. The molecular weight excluding hydrogens is 648 g/mol. The van der Waals surface area contributed by atoms with E-state index in [0.29, 0.717) is 0 Å². The molecule has 0 aromatic carbocycles. The lowest BCUT2D eigenvalue weighted by Crippen LogP contribution is -2.36. The number of nitrogen functional groups attached to an aromatic ring is 3. The molecule has 10 atom stereocenters. The second kappa shape index (κ2) is 10.8. The van der Waals surface area contributed by atoms with Crippen molar-refractivity contribution in [3.63, 3.8) is 0 Å². The lowest BCUT2D eigenvalue weighted by atomic mass is 10.1. The third-order valence-electron chi connectivity index (χ3n) is 7.34. The molecule has 7 rings (SSSR count). The van der Waals surface area contributed by atoms with Crippen molar-refractivity contribution in [2.24, 2.45) is 0 Å². The first-order chi connectivity index (χ1) is 21.3. The Kier molecular flexibility index (Phi) is 7.27. The molecule has 23 nitrogen and oxygen atoms in total. The van der Waals surface area contributed by atoms with Gasteiger partial charge in [-0.15, -0.1) is 0 Å². The first-order valence-electron chi connectivity index (χ1n) is 13.0. The van der Waals surface area contributed by atoms with Crippen molar-refractivity contribution >= 4 is 55.6 Å². The summed E-state index contributed by atoms with van der Waals surface area (Å²) in [4.78, 5) is 45.3. The SMILES string of the molecule is Nc1nc(N)c2ncn(C3OC4COP(=O)(O)OC5C(COP(=O)(O)OC3C4O)OC(n3cnc4c(N)ncnc43)C5O)c2n1. The number of hydrogen-bond acceptors (Lipinski definition) is 19. The number of aliphatic hydroxyl groups is 2. The van der Waals surface area contributed by atoms with Gasteiger partial charge in [-0.1, -0.05) is 0 Å². The summed E-state index contributed by atoms with van der Waals surface area (Å²) in [6.45, 7) is -1.60. The second-order valence-corrected chi connectivity index (χ2v) is 13.0. The van der Waals surface area contributed by atoms with E-state index in [1.165, 1.54) is 21.8 Å². The van der Waals surface area contributed by atoms with Crippen LogP contribution in [0.25, 0.3) is 22.3 Å². The van der Waals surface area contributed by atoms with Crippen LogP contribution in [0.2, 0.25) is 0 Å². The quantitative estimate of drug-likeness (QED) is 0.113. The summed E-state index contributed by atoms with van der Waals surface area (Å²) >= 11 is 0. The fourth-order valence-corrected chi connectivity index (χ4v) is 7.21. The molecule has 0 saturated carbocycles. The number of aromatic nitrogens is 8. The number of nitrogens with two attached hydrogens (primary N) is 3. The molecule has 0 amide bonds. The van der Waals surface area contributed by atoms with E-state index in [2.05, 4.69) is 29.9 Å². The highest BCUT2D eigenvalue weighted by Gasteiger charge is 2.54. The number of rotatable bonds is 2. The molecule has 0 radical (unpaired) electrons. The predicted molar refractivity (Wildman–Crippen MR) is 145 cm³/mol. The molecule has 45 heavy (non-hydrogen) atoms. The zero-order chi connectivity index (χ0) is 31.8. The Bertz CT molecular complexity index is 1880. The summed E-state index contributed by atoms with van der Waals surface area (Å²) in [6.07, 6.45) is -8.84. The van der Waals surface area contributed by atoms with Crippen molar-refractivity contribution < 1.29 is 56.7 Å². The number of nitrogens with zero attached hydrogens (tertiary/aromatic N) is 8. The molecule has 4 aromatic heterocycles. The van der Waals surface area contributed by atoms with Gasteiger partial charge in [0.2, 0.25) is 5.95 Å². The molecule has 3 aliphatic rings. The van der Waals surface area contributed by atoms with Gasteiger partial charge in [-0.2, -0.15) is 9.97 Å². The number of hydrogen-bond donors (Lipinski definition) is 7. The molecular formula is C20H25N11O12P2. The Balaban J connectivity index is 1.20. The van der Waals surface area contributed by atoms with E-state index in [4.69, 9.17) is 44.8 Å². The van der Waals surface area contributed by atoms with E-state index >= 15 is 0 Å². The maximum absolute atomic E-state index is 13.2. The summed E-state index contributed by atoms with van der Waals surface area (Å²) in [6, 6.07) is 0. The highest BCUT2D eigenvalue weighted by molar-refractivity contribution is 7.47. The number of fused-ring (bicyclic) bond motifs is 5. The van der Waals surface area contributed by atoms with Gasteiger partial charge in [0.25, 0.3) is 0 Å². The molecule has 0 spiro atoms. The van der Waals surface area contributed by atoms with Gasteiger partial charge in [-0.3, -0.25) is 27.2 Å². The van der Waals surface area contributed by atoms with E-state index in [1.54, 1.807) is 0 Å². The number of anilines is 3. The Labute approximate surface area is 250 Å². The Morgan fingerprint density at radius 1 is 0.733 bits per heavy atom. The van der Waals surface area contributed by atoms with Gasteiger partial charge < -0.3 is 46.7 Å². The van der Waals surface area contributed by atoms with Crippen molar-refractivity contribution in [2.45, 2.75) is 49.1 Å². The molecule has 3 saturated heterocycles. The number of aliphatic hydroxyl groups excluding tert-OH is 2. The maximum Gasteiger partial charge on any atom is 0.472 e. The number of phosphoric acid groups is 2. The summed E-state index contributed by atoms with van der Waals surface area (Å²) in [5.74, 6) is -0.254. The van der Waals surface area contributed by atoms with Crippen LogP contribution in [0.3, 0.4) is 0 Å². The van der Waals surface area contributed by atoms with Crippen LogP contribution in [0.1, 0.15) is 12.5 Å². The minimum Gasteiger partial charge on any atom is -0.387 e. The van der Waals surface area contributed by atoms with Gasteiger partial charge in [0.15, 0.2) is 35.4 Å². The van der Waals surface area contributed by atoms with Crippen LogP contribution >= 0.6 is 15.6 Å². The van der Waals surface area contributed by atoms with E-state index in [1.807, 2.05) is 0 Å². The minimum atomic E-state index is -5.08. The maximum atomic E-state index is 13.2. The highest BCUT2D eigenvalue weighted by Crippen LogP contribution is 2.53. The number of phosphoric ester groups is 2. The molecule has 242 valence electrons. The average Bonchev–Trinajstić information content (AvgIpc) is 3.72. The zero-order valence-corrected chi connectivity index (χ0v) is 24.3. The topological polar surface area (TPSA) is 336 Å². The molecule has 0 aliphatic carbocycles. The fraction of sp³-hybridized carbons (Fsp3) is 0.500. The van der Waals surface area contributed by atoms with Crippen molar-refractivity contribution in [3.05, 3.63) is 19.0 Å². The van der Waals surface area contributed by atoms with Gasteiger partial charge in [0.05, 0.1) is 25.9 Å². The summed E-state index contributed by atoms with van der Waals surface area (Å²) in [5, 5.41) is 22.2.